The lowest BCUT2D eigenvalue weighted by atomic mass is 9.50. The first-order valence-corrected chi connectivity index (χ1v) is 14.1. The maximum atomic E-state index is 13.6. The summed E-state index contributed by atoms with van der Waals surface area (Å²) in [5.74, 6) is 1.27. The summed E-state index contributed by atoms with van der Waals surface area (Å²) in [5, 5.41) is 4.84. The fourth-order valence-corrected chi connectivity index (χ4v) is 7.59. The van der Waals surface area contributed by atoms with Crippen LogP contribution in [0.2, 0.25) is 0 Å². The molecule has 4 aliphatic carbocycles. The Kier molecular flexibility index (Phi) is 6.05. The lowest BCUT2D eigenvalue weighted by Gasteiger charge is -2.56. The predicted octanol–water partition coefficient (Wildman–Crippen LogP) is 7.41. The first-order chi connectivity index (χ1) is 17.7. The SMILES string of the molecule is CCC(C)C(=O)OC1C2CC3CC1CC(C2)C3C(=O)OC(C)(C)c1ccc2c(ccc3ccccc32)c1. The van der Waals surface area contributed by atoms with E-state index in [0.717, 1.165) is 43.1 Å². The third kappa shape index (κ3) is 4.23. The van der Waals surface area contributed by atoms with Crippen LogP contribution in [0.25, 0.3) is 21.5 Å². The lowest BCUT2D eigenvalue weighted by Crippen LogP contribution is -2.56. The zero-order chi connectivity index (χ0) is 25.9. The normalized spacial score (nSPS) is 29.4. The minimum Gasteiger partial charge on any atom is -0.462 e. The fourth-order valence-electron chi connectivity index (χ4n) is 7.59. The molecular weight excluding hydrogens is 460 g/mol. The van der Waals surface area contributed by atoms with Crippen molar-refractivity contribution in [3.05, 3.63) is 60.2 Å². The molecule has 4 nitrogen and oxygen atoms in total. The molecular formula is C33H38O4. The Labute approximate surface area is 219 Å². The van der Waals surface area contributed by atoms with Crippen molar-refractivity contribution in [1.29, 1.82) is 0 Å². The van der Waals surface area contributed by atoms with Crippen molar-refractivity contribution in [2.45, 2.75) is 71.5 Å². The molecule has 0 aromatic heterocycles. The van der Waals surface area contributed by atoms with Crippen LogP contribution in [0.4, 0.5) is 0 Å². The average Bonchev–Trinajstić information content (AvgIpc) is 2.88. The van der Waals surface area contributed by atoms with E-state index in [-0.39, 0.29) is 29.9 Å². The molecule has 3 aromatic rings. The van der Waals surface area contributed by atoms with Gasteiger partial charge in [0.05, 0.1) is 11.8 Å². The van der Waals surface area contributed by atoms with Gasteiger partial charge >= 0.3 is 11.9 Å². The molecule has 4 heteroatoms. The smallest absolute Gasteiger partial charge is 0.310 e. The van der Waals surface area contributed by atoms with E-state index in [1.54, 1.807) is 0 Å². The maximum Gasteiger partial charge on any atom is 0.310 e. The molecule has 1 unspecified atom stereocenters. The van der Waals surface area contributed by atoms with Crippen LogP contribution in [-0.2, 0) is 24.7 Å². The Morgan fingerprint density at radius 2 is 1.49 bits per heavy atom. The highest BCUT2D eigenvalue weighted by Gasteiger charge is 2.57. The van der Waals surface area contributed by atoms with Crippen LogP contribution in [0.5, 0.6) is 0 Å². The van der Waals surface area contributed by atoms with Crippen molar-refractivity contribution in [2.24, 2.45) is 35.5 Å². The van der Waals surface area contributed by atoms with Crippen LogP contribution in [0.1, 0.15) is 65.4 Å². The molecule has 4 aliphatic rings. The number of hydrogen-bond donors (Lipinski definition) is 0. The molecule has 0 radical (unpaired) electrons. The summed E-state index contributed by atoms with van der Waals surface area (Å²) in [6.45, 7) is 7.99. The highest BCUT2D eigenvalue weighted by molar-refractivity contribution is 6.07. The topological polar surface area (TPSA) is 52.6 Å². The summed E-state index contributed by atoms with van der Waals surface area (Å²) in [4.78, 5) is 26.1. The monoisotopic (exact) mass is 498 g/mol. The van der Waals surface area contributed by atoms with Crippen molar-refractivity contribution in [1.82, 2.24) is 0 Å². The molecule has 0 saturated heterocycles. The lowest BCUT2D eigenvalue weighted by molar-refractivity contribution is -0.195. The molecule has 4 bridgehead atoms. The molecule has 0 N–H and O–H groups in total. The Hall–Kier alpha value is -2.88. The van der Waals surface area contributed by atoms with E-state index >= 15 is 0 Å². The summed E-state index contributed by atoms with van der Waals surface area (Å²) in [5.41, 5.74) is 0.310. The minimum absolute atomic E-state index is 0.0380. The highest BCUT2D eigenvalue weighted by atomic mass is 16.6. The third-order valence-electron chi connectivity index (χ3n) is 9.70. The second-order valence-electron chi connectivity index (χ2n) is 12.4. The Morgan fingerprint density at radius 3 is 2.16 bits per heavy atom. The summed E-state index contributed by atoms with van der Waals surface area (Å²) >= 11 is 0. The van der Waals surface area contributed by atoms with Gasteiger partial charge in [-0.05, 0) is 103 Å². The van der Waals surface area contributed by atoms with Crippen molar-refractivity contribution >= 4 is 33.5 Å². The van der Waals surface area contributed by atoms with Crippen molar-refractivity contribution in [2.75, 3.05) is 0 Å². The molecule has 1 atom stereocenters. The van der Waals surface area contributed by atoms with Crippen LogP contribution >= 0.6 is 0 Å². The van der Waals surface area contributed by atoms with Crippen molar-refractivity contribution in [3.8, 4) is 0 Å². The van der Waals surface area contributed by atoms with E-state index in [2.05, 4.69) is 54.6 Å². The molecule has 4 saturated carbocycles. The first-order valence-electron chi connectivity index (χ1n) is 14.1. The molecule has 3 aromatic carbocycles. The van der Waals surface area contributed by atoms with E-state index in [1.807, 2.05) is 27.7 Å². The Bertz CT molecular complexity index is 1320. The quantitative estimate of drug-likeness (QED) is 0.262. The Morgan fingerprint density at radius 1 is 0.865 bits per heavy atom. The number of carbonyl (C=O) groups is 2. The first kappa shape index (κ1) is 24.5. The number of hydrogen-bond acceptors (Lipinski definition) is 4. The van der Waals surface area contributed by atoms with Crippen LogP contribution in [-0.4, -0.2) is 18.0 Å². The van der Waals surface area contributed by atoms with Gasteiger partial charge < -0.3 is 9.47 Å². The molecule has 7 rings (SSSR count). The summed E-state index contributed by atoms with van der Waals surface area (Å²) in [6, 6.07) is 19.2. The number of benzene rings is 3. The largest absolute Gasteiger partial charge is 0.462 e. The van der Waals surface area contributed by atoms with Gasteiger partial charge in [0.15, 0.2) is 0 Å². The van der Waals surface area contributed by atoms with E-state index < -0.39 is 5.60 Å². The van der Waals surface area contributed by atoms with E-state index in [9.17, 15) is 9.59 Å². The van der Waals surface area contributed by atoms with Crippen LogP contribution < -0.4 is 0 Å². The minimum atomic E-state index is -0.708. The Balaban J connectivity index is 1.17. The number of fused-ring (bicyclic) bond motifs is 3. The predicted molar refractivity (Wildman–Crippen MR) is 146 cm³/mol. The van der Waals surface area contributed by atoms with Gasteiger partial charge in [0.25, 0.3) is 0 Å². The number of esters is 2. The van der Waals surface area contributed by atoms with Crippen LogP contribution in [0.15, 0.2) is 54.6 Å². The van der Waals surface area contributed by atoms with Gasteiger partial charge in [-0.15, -0.1) is 0 Å². The molecule has 0 amide bonds. The van der Waals surface area contributed by atoms with Gasteiger partial charge in [-0.1, -0.05) is 62.4 Å². The van der Waals surface area contributed by atoms with Gasteiger partial charge in [-0.3, -0.25) is 9.59 Å². The van der Waals surface area contributed by atoms with Crippen molar-refractivity contribution < 1.29 is 19.1 Å². The molecule has 194 valence electrons. The number of carbonyl (C=O) groups excluding carboxylic acids is 2. The van der Waals surface area contributed by atoms with Gasteiger partial charge in [0.1, 0.15) is 11.7 Å². The number of rotatable bonds is 6. The van der Waals surface area contributed by atoms with Gasteiger partial charge in [-0.25, -0.2) is 0 Å². The molecule has 37 heavy (non-hydrogen) atoms. The summed E-state index contributed by atoms with van der Waals surface area (Å²) < 4.78 is 12.3. The highest BCUT2D eigenvalue weighted by Crippen LogP contribution is 2.58. The fraction of sp³-hybridized carbons (Fsp3) is 0.515. The molecule has 0 spiro atoms. The zero-order valence-electron chi connectivity index (χ0n) is 22.4. The van der Waals surface area contributed by atoms with Gasteiger partial charge in [-0.2, -0.15) is 0 Å². The number of ether oxygens (including phenoxy) is 2. The van der Waals surface area contributed by atoms with Gasteiger partial charge in [0.2, 0.25) is 0 Å². The van der Waals surface area contributed by atoms with E-state index in [4.69, 9.17) is 9.47 Å². The summed E-state index contributed by atoms with van der Waals surface area (Å²) in [6.07, 6.45) is 4.72. The zero-order valence-corrected chi connectivity index (χ0v) is 22.4. The van der Waals surface area contributed by atoms with Crippen molar-refractivity contribution in [3.63, 3.8) is 0 Å². The van der Waals surface area contributed by atoms with Gasteiger partial charge in [0, 0.05) is 0 Å². The standard InChI is InChI=1S/C33H38O4/c1-5-19(2)31(34)36-30-24-14-22-15-25(30)17-23(16-24)29(22)32(35)37-33(3,4)26-12-13-28-21(18-26)11-10-20-8-6-7-9-27(20)28/h6-13,18-19,22-25,29-30H,5,14-17H2,1-4H3. The maximum absolute atomic E-state index is 13.6. The van der Waals surface area contributed by atoms with Crippen LogP contribution in [0.3, 0.4) is 0 Å². The van der Waals surface area contributed by atoms with E-state index in [0.29, 0.717) is 23.7 Å². The molecule has 4 fully saturated rings. The van der Waals surface area contributed by atoms with Crippen LogP contribution in [0, 0.1) is 35.5 Å². The third-order valence-corrected chi connectivity index (χ3v) is 9.70. The second-order valence-corrected chi connectivity index (χ2v) is 12.4. The van der Waals surface area contributed by atoms with E-state index in [1.165, 1.54) is 16.2 Å². The summed E-state index contributed by atoms with van der Waals surface area (Å²) in [7, 11) is 0. The molecule has 0 heterocycles. The second kappa shape index (κ2) is 9.15. The molecule has 0 aliphatic heterocycles. The average molecular weight is 499 g/mol.